The molecule has 1 saturated carbocycles. The molecule has 1 spiro atoms. The van der Waals surface area contributed by atoms with Crippen molar-refractivity contribution in [3.63, 3.8) is 0 Å². The van der Waals surface area contributed by atoms with Gasteiger partial charge in [0.05, 0.1) is 11.0 Å². The molecular formula is C48H33N3O. The molecule has 0 N–H and O–H groups in total. The molecule has 4 heteroatoms. The molecule has 2 aliphatic rings. The van der Waals surface area contributed by atoms with Crippen LogP contribution in [-0.2, 0) is 5.41 Å². The Morgan fingerprint density at radius 2 is 1.31 bits per heavy atom. The van der Waals surface area contributed by atoms with Gasteiger partial charge < -0.3 is 4.42 Å². The molecule has 3 heterocycles. The molecule has 0 saturated heterocycles. The Bertz CT molecular complexity index is 3120. The Kier molecular flexibility index (Phi) is 5.69. The second kappa shape index (κ2) is 10.4. The lowest BCUT2D eigenvalue weighted by atomic mass is 9.66. The molecule has 10 aromatic rings. The van der Waals surface area contributed by atoms with E-state index in [4.69, 9.17) is 14.4 Å². The van der Waals surface area contributed by atoms with Crippen molar-refractivity contribution in [2.75, 3.05) is 0 Å². The zero-order valence-electron chi connectivity index (χ0n) is 28.6. The Labute approximate surface area is 300 Å². The average Bonchev–Trinajstić information content (AvgIpc) is 3.85. The van der Waals surface area contributed by atoms with Crippen LogP contribution in [0.25, 0.3) is 93.8 Å². The van der Waals surface area contributed by atoms with Crippen molar-refractivity contribution in [1.82, 2.24) is 14.5 Å². The van der Waals surface area contributed by atoms with E-state index in [9.17, 15) is 0 Å². The zero-order chi connectivity index (χ0) is 34.0. The summed E-state index contributed by atoms with van der Waals surface area (Å²) in [6, 6.07) is 50.5. The van der Waals surface area contributed by atoms with Gasteiger partial charge in [0.1, 0.15) is 16.8 Å². The molecule has 0 radical (unpaired) electrons. The molecule has 0 unspecified atom stereocenters. The van der Waals surface area contributed by atoms with Crippen LogP contribution in [0.5, 0.6) is 0 Å². The van der Waals surface area contributed by atoms with Gasteiger partial charge in [-0.25, -0.2) is 9.97 Å². The smallest absolute Gasteiger partial charge is 0.236 e. The summed E-state index contributed by atoms with van der Waals surface area (Å²) in [4.78, 5) is 11.0. The fraction of sp³-hybridized carbons (Fsp3) is 0.125. The van der Waals surface area contributed by atoms with E-state index in [1.807, 2.05) is 12.1 Å². The molecule has 2 aliphatic carbocycles. The molecule has 12 rings (SSSR count). The van der Waals surface area contributed by atoms with Gasteiger partial charge in [0, 0.05) is 32.5 Å². The lowest BCUT2D eigenvalue weighted by Gasteiger charge is -2.36. The van der Waals surface area contributed by atoms with Crippen LogP contribution >= 0.6 is 0 Å². The summed E-state index contributed by atoms with van der Waals surface area (Å²) in [5, 5.41) is 8.48. The van der Waals surface area contributed by atoms with E-state index in [0.717, 1.165) is 33.3 Å². The van der Waals surface area contributed by atoms with Crippen molar-refractivity contribution < 1.29 is 4.42 Å². The highest BCUT2D eigenvalue weighted by Crippen LogP contribution is 2.61. The first-order valence-electron chi connectivity index (χ1n) is 18.6. The Hall–Kier alpha value is -6.26. The molecule has 0 amide bonds. The van der Waals surface area contributed by atoms with Gasteiger partial charge in [0.15, 0.2) is 5.58 Å². The van der Waals surface area contributed by atoms with Gasteiger partial charge in [-0.3, -0.25) is 4.57 Å². The molecule has 0 atom stereocenters. The highest BCUT2D eigenvalue weighted by Gasteiger charge is 2.46. The predicted molar refractivity (Wildman–Crippen MR) is 213 cm³/mol. The van der Waals surface area contributed by atoms with Gasteiger partial charge >= 0.3 is 0 Å². The lowest BCUT2D eigenvalue weighted by molar-refractivity contribution is 0.355. The minimum atomic E-state index is -0.0246. The standard InChI is InChI=1S/C48H33N3O/c1-12-26-48(27-13-1)37-21-9-6-18-34(37)40-32-16-4-5-17-33(32)45-41(42(40)48)35-19-7-10-22-38(35)51(45)47-49-43(31-25-24-29-14-2-3-15-30(29)28-31)46-44(50-47)36-20-8-11-23-39(36)52-46/h2-11,14-25,28H,1,12-13,26-27H2. The number of aromatic nitrogens is 3. The molecule has 4 nitrogen and oxygen atoms in total. The third kappa shape index (κ3) is 3.66. The number of benzene rings is 7. The van der Waals surface area contributed by atoms with Crippen LogP contribution in [0, 0.1) is 0 Å². The van der Waals surface area contributed by atoms with E-state index in [-0.39, 0.29) is 5.41 Å². The van der Waals surface area contributed by atoms with Crippen LogP contribution in [0.3, 0.4) is 0 Å². The third-order valence-electron chi connectivity index (χ3n) is 12.2. The number of rotatable bonds is 2. The lowest BCUT2D eigenvalue weighted by Crippen LogP contribution is -2.28. The van der Waals surface area contributed by atoms with Crippen molar-refractivity contribution in [1.29, 1.82) is 0 Å². The maximum atomic E-state index is 6.60. The SMILES string of the molecule is c1ccc2c(c1)-c1c(c3c4ccccc4n(-c4nc(-c5ccc6ccccc6c5)c5oc6ccccc6c5n4)c3c3ccccc13)C21CCCCC1. The highest BCUT2D eigenvalue weighted by atomic mass is 16.3. The van der Waals surface area contributed by atoms with Gasteiger partial charge in [-0.05, 0) is 75.5 Å². The van der Waals surface area contributed by atoms with E-state index < -0.39 is 0 Å². The molecular weight excluding hydrogens is 635 g/mol. The normalized spacial score (nSPS) is 15.1. The zero-order valence-corrected chi connectivity index (χ0v) is 28.6. The predicted octanol–water partition coefficient (Wildman–Crippen LogP) is 12.7. The second-order valence-corrected chi connectivity index (χ2v) is 14.8. The minimum Gasteiger partial charge on any atom is -0.452 e. The quantitative estimate of drug-likeness (QED) is 0.184. The second-order valence-electron chi connectivity index (χ2n) is 14.8. The fourth-order valence-corrected chi connectivity index (χ4v) is 10.0. The first kappa shape index (κ1) is 28.4. The summed E-state index contributed by atoms with van der Waals surface area (Å²) in [7, 11) is 0. The summed E-state index contributed by atoms with van der Waals surface area (Å²) in [5.41, 5.74) is 12.3. The van der Waals surface area contributed by atoms with Crippen LogP contribution in [-0.4, -0.2) is 14.5 Å². The topological polar surface area (TPSA) is 43.9 Å². The van der Waals surface area contributed by atoms with Crippen molar-refractivity contribution >= 4 is 65.4 Å². The largest absolute Gasteiger partial charge is 0.452 e. The van der Waals surface area contributed by atoms with Crippen molar-refractivity contribution in [3.8, 4) is 28.3 Å². The van der Waals surface area contributed by atoms with Crippen LogP contribution < -0.4 is 0 Å². The van der Waals surface area contributed by atoms with Gasteiger partial charge in [-0.15, -0.1) is 0 Å². The van der Waals surface area contributed by atoms with Gasteiger partial charge in [0.25, 0.3) is 0 Å². The summed E-state index contributed by atoms with van der Waals surface area (Å²) in [6.07, 6.45) is 6.10. The van der Waals surface area contributed by atoms with Crippen molar-refractivity contribution in [2.24, 2.45) is 0 Å². The Balaban J connectivity index is 1.27. The summed E-state index contributed by atoms with van der Waals surface area (Å²) in [6.45, 7) is 0. The van der Waals surface area contributed by atoms with E-state index in [1.54, 1.807) is 0 Å². The van der Waals surface area contributed by atoms with E-state index >= 15 is 0 Å². The molecule has 1 fully saturated rings. The molecule has 246 valence electrons. The first-order chi connectivity index (χ1) is 25.8. The van der Waals surface area contributed by atoms with E-state index in [1.165, 1.54) is 92.2 Å². The summed E-state index contributed by atoms with van der Waals surface area (Å²) < 4.78 is 8.96. The molecule has 7 aromatic carbocycles. The number of furan rings is 1. The third-order valence-corrected chi connectivity index (χ3v) is 12.2. The van der Waals surface area contributed by atoms with Crippen molar-refractivity contribution in [2.45, 2.75) is 37.5 Å². The minimum absolute atomic E-state index is 0.0246. The maximum absolute atomic E-state index is 6.60. The first-order valence-corrected chi connectivity index (χ1v) is 18.6. The van der Waals surface area contributed by atoms with Crippen molar-refractivity contribution in [3.05, 3.63) is 151 Å². The van der Waals surface area contributed by atoms with Crippen LogP contribution in [0.4, 0.5) is 0 Å². The molecule has 52 heavy (non-hydrogen) atoms. The van der Waals surface area contributed by atoms with Crippen LogP contribution in [0.2, 0.25) is 0 Å². The van der Waals surface area contributed by atoms with Gasteiger partial charge in [-0.2, -0.15) is 0 Å². The van der Waals surface area contributed by atoms with Crippen LogP contribution in [0.15, 0.2) is 144 Å². The molecule has 0 aliphatic heterocycles. The van der Waals surface area contributed by atoms with E-state index in [2.05, 4.69) is 132 Å². The average molecular weight is 668 g/mol. The Morgan fingerprint density at radius 1 is 0.596 bits per heavy atom. The summed E-state index contributed by atoms with van der Waals surface area (Å²) >= 11 is 0. The van der Waals surface area contributed by atoms with E-state index in [0.29, 0.717) is 11.5 Å². The molecule has 3 aromatic heterocycles. The number of hydrogen-bond donors (Lipinski definition) is 0. The Morgan fingerprint density at radius 3 is 2.19 bits per heavy atom. The maximum Gasteiger partial charge on any atom is 0.236 e. The van der Waals surface area contributed by atoms with Crippen LogP contribution in [0.1, 0.15) is 43.2 Å². The van der Waals surface area contributed by atoms with Gasteiger partial charge in [-0.1, -0.05) is 135 Å². The number of fused-ring (bicyclic) bond motifs is 16. The molecule has 0 bridgehead atoms. The fourth-order valence-electron chi connectivity index (χ4n) is 10.0. The number of nitrogens with zero attached hydrogens (tertiary/aromatic N) is 3. The van der Waals surface area contributed by atoms with Gasteiger partial charge in [0.2, 0.25) is 5.95 Å². The monoisotopic (exact) mass is 667 g/mol. The number of para-hydroxylation sites is 2. The number of hydrogen-bond acceptors (Lipinski definition) is 3. The summed E-state index contributed by atoms with van der Waals surface area (Å²) in [5.74, 6) is 0.659. The highest BCUT2D eigenvalue weighted by molar-refractivity contribution is 6.25.